The largest absolute Gasteiger partial charge is 0.326 e. The third kappa shape index (κ3) is 3.25. The maximum atomic E-state index is 11.4. The lowest BCUT2D eigenvalue weighted by molar-refractivity contribution is -0.120. The molecular formula is C14H15N5O2. The summed E-state index contributed by atoms with van der Waals surface area (Å²) in [6.07, 6.45) is 1.71. The van der Waals surface area contributed by atoms with Gasteiger partial charge in [0.2, 0.25) is 0 Å². The van der Waals surface area contributed by atoms with Crippen molar-refractivity contribution in [1.82, 2.24) is 25.8 Å². The molecule has 0 spiro atoms. The fourth-order valence-corrected chi connectivity index (χ4v) is 2.25. The minimum absolute atomic E-state index is 0.292. The Balaban J connectivity index is 1.56. The Morgan fingerprint density at radius 1 is 1.14 bits per heavy atom. The van der Waals surface area contributed by atoms with E-state index in [1.165, 1.54) is 0 Å². The average molecular weight is 285 g/mol. The predicted octanol–water partition coefficient (Wildman–Crippen LogP) is 0.536. The van der Waals surface area contributed by atoms with E-state index >= 15 is 0 Å². The van der Waals surface area contributed by atoms with Crippen LogP contribution in [-0.4, -0.2) is 33.2 Å². The molecule has 1 aliphatic rings. The second-order valence-corrected chi connectivity index (χ2v) is 4.91. The Bertz CT molecular complexity index is 652. The van der Waals surface area contributed by atoms with E-state index in [-0.39, 0.29) is 5.91 Å². The normalized spacial score (nSPS) is 17.6. The number of hydrogen-bond acceptors (Lipinski definition) is 4. The maximum absolute atomic E-state index is 11.4. The molecule has 7 nitrogen and oxygen atoms in total. The highest BCUT2D eigenvalue weighted by molar-refractivity contribution is 6.04. The van der Waals surface area contributed by atoms with Crippen LogP contribution in [0.2, 0.25) is 0 Å². The Labute approximate surface area is 121 Å². The van der Waals surface area contributed by atoms with Crippen molar-refractivity contribution in [2.45, 2.75) is 25.3 Å². The molecule has 0 bridgehead atoms. The summed E-state index contributed by atoms with van der Waals surface area (Å²) in [7, 11) is 0. The molecule has 2 aromatic rings. The number of H-pyrrole nitrogens is 1. The van der Waals surface area contributed by atoms with Gasteiger partial charge in [0, 0.05) is 12.8 Å². The molecule has 21 heavy (non-hydrogen) atoms. The molecule has 1 fully saturated rings. The molecule has 108 valence electrons. The number of nitrogens with one attached hydrogen (secondary N) is 3. The molecule has 7 heteroatoms. The summed E-state index contributed by atoms with van der Waals surface area (Å²) < 4.78 is 0. The zero-order valence-electron chi connectivity index (χ0n) is 11.3. The highest BCUT2D eigenvalue weighted by Gasteiger charge is 2.29. The number of aryl methyl sites for hydroxylation is 1. The van der Waals surface area contributed by atoms with E-state index in [0.717, 1.165) is 11.4 Å². The van der Waals surface area contributed by atoms with Crippen molar-refractivity contribution in [2.24, 2.45) is 0 Å². The first kappa shape index (κ1) is 13.3. The Hall–Kier alpha value is -2.70. The number of aromatic nitrogens is 3. The van der Waals surface area contributed by atoms with Crippen LogP contribution in [0, 0.1) is 0 Å². The minimum atomic E-state index is -0.492. The standard InChI is InChI=1S/C14H15N5O2/c20-13-10(15-14(21)17-13)6-7-11-16-12(19-18-11)8-9-4-2-1-3-5-9/h1-5,10H,6-8H2,(H,16,18,19)(H2,15,17,20,21)/t10-/m0/s1. The van der Waals surface area contributed by atoms with E-state index in [1.807, 2.05) is 30.3 Å². The highest BCUT2D eigenvalue weighted by Crippen LogP contribution is 2.07. The lowest BCUT2D eigenvalue weighted by Crippen LogP contribution is -2.29. The van der Waals surface area contributed by atoms with E-state index in [9.17, 15) is 9.59 Å². The molecule has 0 aliphatic carbocycles. The quantitative estimate of drug-likeness (QED) is 0.698. The van der Waals surface area contributed by atoms with E-state index < -0.39 is 12.1 Å². The Morgan fingerprint density at radius 2 is 1.95 bits per heavy atom. The first-order valence-electron chi connectivity index (χ1n) is 6.76. The molecule has 1 saturated heterocycles. The first-order valence-corrected chi connectivity index (χ1v) is 6.76. The molecule has 3 amide bonds. The number of hydrogen-bond donors (Lipinski definition) is 3. The third-order valence-electron chi connectivity index (χ3n) is 3.31. The molecular weight excluding hydrogens is 270 g/mol. The van der Waals surface area contributed by atoms with Gasteiger partial charge in [0.1, 0.15) is 11.9 Å². The van der Waals surface area contributed by atoms with Gasteiger partial charge >= 0.3 is 6.03 Å². The van der Waals surface area contributed by atoms with Crippen molar-refractivity contribution in [3.8, 4) is 0 Å². The number of benzene rings is 1. The highest BCUT2D eigenvalue weighted by atomic mass is 16.2. The van der Waals surface area contributed by atoms with Gasteiger partial charge in [-0.25, -0.2) is 9.78 Å². The summed E-state index contributed by atoms with van der Waals surface area (Å²) >= 11 is 0. The molecule has 1 aliphatic heterocycles. The number of nitrogens with zero attached hydrogens (tertiary/aromatic N) is 2. The van der Waals surface area contributed by atoms with Crippen LogP contribution in [0.4, 0.5) is 4.79 Å². The Morgan fingerprint density at radius 3 is 2.67 bits per heavy atom. The summed E-state index contributed by atoms with van der Waals surface area (Å²) in [6, 6.07) is 9.05. The van der Waals surface area contributed by atoms with Crippen molar-refractivity contribution < 1.29 is 9.59 Å². The molecule has 1 aromatic heterocycles. The topological polar surface area (TPSA) is 99.8 Å². The van der Waals surface area contributed by atoms with Crippen molar-refractivity contribution in [1.29, 1.82) is 0 Å². The lowest BCUT2D eigenvalue weighted by Gasteiger charge is -2.03. The van der Waals surface area contributed by atoms with Crippen LogP contribution in [0.25, 0.3) is 0 Å². The number of rotatable bonds is 5. The van der Waals surface area contributed by atoms with Gasteiger partial charge in [-0.3, -0.25) is 15.2 Å². The van der Waals surface area contributed by atoms with Gasteiger partial charge in [-0.1, -0.05) is 30.3 Å². The zero-order valence-corrected chi connectivity index (χ0v) is 11.3. The predicted molar refractivity (Wildman–Crippen MR) is 74.4 cm³/mol. The summed E-state index contributed by atoms with van der Waals surface area (Å²) in [5.41, 5.74) is 1.16. The van der Waals surface area contributed by atoms with Gasteiger partial charge in [-0.05, 0) is 12.0 Å². The van der Waals surface area contributed by atoms with Gasteiger partial charge in [-0.2, -0.15) is 5.10 Å². The maximum Gasteiger partial charge on any atom is 0.322 e. The fraction of sp³-hybridized carbons (Fsp3) is 0.286. The molecule has 1 aromatic carbocycles. The number of carbonyl (C=O) groups is 2. The van der Waals surface area contributed by atoms with Crippen LogP contribution in [0.15, 0.2) is 30.3 Å². The van der Waals surface area contributed by atoms with Crippen molar-refractivity contribution in [3.05, 3.63) is 47.5 Å². The van der Waals surface area contributed by atoms with Crippen molar-refractivity contribution >= 4 is 11.9 Å². The SMILES string of the molecule is O=C1NC(=O)[C@H](CCc2n[nH]c(Cc3ccccc3)n2)N1. The van der Waals surface area contributed by atoms with Crippen LogP contribution in [0.3, 0.4) is 0 Å². The van der Waals surface area contributed by atoms with E-state index in [4.69, 9.17) is 0 Å². The summed E-state index contributed by atoms with van der Waals surface area (Å²) in [4.78, 5) is 26.8. The van der Waals surface area contributed by atoms with Gasteiger partial charge in [0.25, 0.3) is 5.91 Å². The smallest absolute Gasteiger partial charge is 0.322 e. The van der Waals surface area contributed by atoms with Crippen LogP contribution in [0.5, 0.6) is 0 Å². The van der Waals surface area contributed by atoms with Gasteiger partial charge in [0.05, 0.1) is 0 Å². The summed E-state index contributed by atoms with van der Waals surface area (Å²) in [6.45, 7) is 0. The van der Waals surface area contributed by atoms with Crippen LogP contribution in [-0.2, 0) is 17.6 Å². The summed E-state index contributed by atoms with van der Waals surface area (Å²) in [5, 5.41) is 11.8. The second kappa shape index (κ2) is 5.74. The molecule has 3 rings (SSSR count). The number of aromatic amines is 1. The van der Waals surface area contributed by atoms with Crippen molar-refractivity contribution in [3.63, 3.8) is 0 Å². The van der Waals surface area contributed by atoms with Gasteiger partial charge in [-0.15, -0.1) is 0 Å². The van der Waals surface area contributed by atoms with Crippen molar-refractivity contribution in [2.75, 3.05) is 0 Å². The molecule has 0 saturated carbocycles. The number of imide groups is 1. The average Bonchev–Trinajstić information content (AvgIpc) is 3.04. The number of urea groups is 1. The zero-order chi connectivity index (χ0) is 14.7. The van der Waals surface area contributed by atoms with E-state index in [0.29, 0.717) is 25.1 Å². The lowest BCUT2D eigenvalue weighted by atomic mass is 10.1. The first-order chi connectivity index (χ1) is 10.2. The van der Waals surface area contributed by atoms with Crippen LogP contribution < -0.4 is 10.6 Å². The Kier molecular flexibility index (Phi) is 3.63. The molecule has 3 N–H and O–H groups in total. The molecule has 2 heterocycles. The number of carbonyl (C=O) groups excluding carboxylic acids is 2. The number of amides is 3. The van der Waals surface area contributed by atoms with Crippen LogP contribution in [0.1, 0.15) is 23.6 Å². The minimum Gasteiger partial charge on any atom is -0.326 e. The third-order valence-corrected chi connectivity index (χ3v) is 3.31. The van der Waals surface area contributed by atoms with Gasteiger partial charge < -0.3 is 5.32 Å². The van der Waals surface area contributed by atoms with E-state index in [2.05, 4.69) is 25.8 Å². The second-order valence-electron chi connectivity index (χ2n) is 4.91. The monoisotopic (exact) mass is 285 g/mol. The van der Waals surface area contributed by atoms with Gasteiger partial charge in [0.15, 0.2) is 5.82 Å². The molecule has 0 radical (unpaired) electrons. The van der Waals surface area contributed by atoms with Crippen LogP contribution >= 0.6 is 0 Å². The molecule has 0 unspecified atom stereocenters. The summed E-state index contributed by atoms with van der Waals surface area (Å²) in [5.74, 6) is 1.14. The fourth-order valence-electron chi connectivity index (χ4n) is 2.25. The van der Waals surface area contributed by atoms with E-state index in [1.54, 1.807) is 0 Å². The molecule has 1 atom stereocenters.